The van der Waals surface area contributed by atoms with E-state index in [4.69, 9.17) is 11.6 Å². The lowest BCUT2D eigenvalue weighted by molar-refractivity contribution is -0.385. The molecule has 0 aliphatic rings. The third kappa shape index (κ3) is 3.81. The molecule has 0 aliphatic heterocycles. The predicted octanol–water partition coefficient (Wildman–Crippen LogP) is 5.03. The Balaban J connectivity index is 2.29. The van der Waals surface area contributed by atoms with Gasteiger partial charge in [0.1, 0.15) is 0 Å². The van der Waals surface area contributed by atoms with Gasteiger partial charge >= 0.3 is 0 Å². The summed E-state index contributed by atoms with van der Waals surface area (Å²) in [5, 5.41) is 13.7. The number of nitrogens with one attached hydrogen (secondary N) is 1. The second-order valence-electron chi connectivity index (χ2n) is 4.00. The maximum absolute atomic E-state index is 12.2. The number of nitro groups is 1. The molecule has 108 valence electrons. The van der Waals surface area contributed by atoms with E-state index in [1.165, 1.54) is 12.1 Å². The molecular formula is C13H7Br2ClN2O3. The van der Waals surface area contributed by atoms with Crippen LogP contribution in [0.2, 0.25) is 5.02 Å². The molecule has 21 heavy (non-hydrogen) atoms. The molecule has 0 spiro atoms. The molecule has 2 aromatic rings. The highest BCUT2D eigenvalue weighted by molar-refractivity contribution is 9.10. The van der Waals surface area contributed by atoms with Crippen molar-refractivity contribution in [3.05, 3.63) is 66.0 Å². The van der Waals surface area contributed by atoms with Crippen LogP contribution in [-0.2, 0) is 0 Å². The minimum atomic E-state index is -0.536. The minimum Gasteiger partial charge on any atom is -0.322 e. The lowest BCUT2D eigenvalue weighted by Gasteiger charge is -2.07. The quantitative estimate of drug-likeness (QED) is 0.544. The third-order valence-corrected chi connectivity index (χ3v) is 4.07. The van der Waals surface area contributed by atoms with Crippen molar-refractivity contribution in [3.63, 3.8) is 0 Å². The summed E-state index contributed by atoms with van der Waals surface area (Å²) in [5.74, 6) is -0.446. The Kier molecular flexibility index (Phi) is 4.97. The molecule has 0 aromatic heterocycles. The van der Waals surface area contributed by atoms with Crippen molar-refractivity contribution < 1.29 is 9.72 Å². The SMILES string of the molecule is O=C(Nc1ccc(Br)c([N+](=O)[O-])c1)c1cc(Br)ccc1Cl. The van der Waals surface area contributed by atoms with Crippen LogP contribution in [0.15, 0.2) is 45.3 Å². The zero-order valence-electron chi connectivity index (χ0n) is 10.3. The van der Waals surface area contributed by atoms with Crippen molar-refractivity contribution in [2.45, 2.75) is 0 Å². The second-order valence-corrected chi connectivity index (χ2v) is 6.18. The highest BCUT2D eigenvalue weighted by atomic mass is 79.9. The summed E-state index contributed by atoms with van der Waals surface area (Å²) < 4.78 is 1.05. The van der Waals surface area contributed by atoms with Crippen LogP contribution in [0.4, 0.5) is 11.4 Å². The molecule has 8 heteroatoms. The third-order valence-electron chi connectivity index (χ3n) is 2.57. The van der Waals surface area contributed by atoms with E-state index in [0.29, 0.717) is 19.7 Å². The van der Waals surface area contributed by atoms with E-state index >= 15 is 0 Å². The van der Waals surface area contributed by atoms with Crippen LogP contribution in [0.5, 0.6) is 0 Å². The summed E-state index contributed by atoms with van der Waals surface area (Å²) in [6.45, 7) is 0. The molecule has 1 amide bonds. The zero-order chi connectivity index (χ0) is 15.6. The van der Waals surface area contributed by atoms with Gasteiger partial charge in [0.15, 0.2) is 0 Å². The fourth-order valence-electron chi connectivity index (χ4n) is 1.60. The van der Waals surface area contributed by atoms with Crippen molar-refractivity contribution in [1.82, 2.24) is 0 Å². The van der Waals surface area contributed by atoms with Gasteiger partial charge in [0, 0.05) is 16.2 Å². The maximum Gasteiger partial charge on any atom is 0.285 e. The highest BCUT2D eigenvalue weighted by Crippen LogP contribution is 2.28. The number of nitro benzene ring substituents is 1. The van der Waals surface area contributed by atoms with Gasteiger partial charge in [-0.3, -0.25) is 14.9 Å². The Morgan fingerprint density at radius 1 is 1.19 bits per heavy atom. The fourth-order valence-corrected chi connectivity index (χ4v) is 2.56. The molecular weight excluding hydrogens is 427 g/mol. The molecule has 0 bridgehead atoms. The van der Waals surface area contributed by atoms with Gasteiger partial charge in [-0.1, -0.05) is 27.5 Å². The number of nitrogens with zero attached hydrogens (tertiary/aromatic N) is 1. The van der Waals surface area contributed by atoms with Crippen LogP contribution in [0.25, 0.3) is 0 Å². The Hall–Kier alpha value is -1.44. The van der Waals surface area contributed by atoms with Crippen LogP contribution in [0, 0.1) is 10.1 Å². The number of anilines is 1. The van der Waals surface area contributed by atoms with Crippen LogP contribution in [-0.4, -0.2) is 10.8 Å². The lowest BCUT2D eigenvalue weighted by Crippen LogP contribution is -2.12. The standard InChI is InChI=1S/C13H7Br2ClN2O3/c14-7-1-4-11(16)9(5-7)13(19)17-8-2-3-10(15)12(6-8)18(20)21/h1-6H,(H,17,19). The minimum absolute atomic E-state index is 0.131. The van der Waals surface area contributed by atoms with E-state index < -0.39 is 10.8 Å². The van der Waals surface area contributed by atoms with Gasteiger partial charge in [-0.2, -0.15) is 0 Å². The predicted molar refractivity (Wildman–Crippen MR) is 87.9 cm³/mol. The molecule has 0 unspecified atom stereocenters. The van der Waals surface area contributed by atoms with Crippen molar-refractivity contribution in [3.8, 4) is 0 Å². The van der Waals surface area contributed by atoms with E-state index in [1.54, 1.807) is 24.3 Å². The summed E-state index contributed by atoms with van der Waals surface area (Å²) in [6, 6.07) is 9.20. The first kappa shape index (κ1) is 15.9. The number of rotatable bonds is 3. The van der Waals surface area contributed by atoms with Crippen molar-refractivity contribution in [1.29, 1.82) is 0 Å². The van der Waals surface area contributed by atoms with Crippen LogP contribution in [0.1, 0.15) is 10.4 Å². The van der Waals surface area contributed by atoms with Gasteiger partial charge in [-0.15, -0.1) is 0 Å². The Morgan fingerprint density at radius 3 is 2.57 bits per heavy atom. The van der Waals surface area contributed by atoms with Gasteiger partial charge in [-0.05, 0) is 46.3 Å². The van der Waals surface area contributed by atoms with Gasteiger partial charge in [0.05, 0.1) is 20.0 Å². The van der Waals surface area contributed by atoms with E-state index in [1.807, 2.05) is 0 Å². The first-order chi connectivity index (χ1) is 9.88. The number of carbonyl (C=O) groups is 1. The fraction of sp³-hybridized carbons (Fsp3) is 0. The Labute approximate surface area is 141 Å². The number of hydrogen-bond acceptors (Lipinski definition) is 3. The molecule has 0 saturated heterocycles. The second kappa shape index (κ2) is 6.55. The molecule has 0 fully saturated rings. The van der Waals surface area contributed by atoms with Crippen molar-refractivity contribution in [2.24, 2.45) is 0 Å². The number of carbonyl (C=O) groups excluding carboxylic acids is 1. The molecule has 0 aliphatic carbocycles. The summed E-state index contributed by atoms with van der Waals surface area (Å²) in [7, 11) is 0. The molecule has 0 heterocycles. The summed E-state index contributed by atoms with van der Waals surface area (Å²) in [5.41, 5.74) is 0.454. The monoisotopic (exact) mass is 432 g/mol. The van der Waals surface area contributed by atoms with Gasteiger partial charge in [0.2, 0.25) is 0 Å². The number of benzene rings is 2. The number of amides is 1. The van der Waals surface area contributed by atoms with Gasteiger partial charge in [-0.25, -0.2) is 0 Å². The van der Waals surface area contributed by atoms with E-state index in [-0.39, 0.29) is 11.3 Å². The largest absolute Gasteiger partial charge is 0.322 e. The van der Waals surface area contributed by atoms with E-state index in [9.17, 15) is 14.9 Å². The van der Waals surface area contributed by atoms with Crippen LogP contribution in [0.3, 0.4) is 0 Å². The summed E-state index contributed by atoms with van der Waals surface area (Å²) in [6.07, 6.45) is 0. The average Bonchev–Trinajstić information content (AvgIpc) is 2.43. The molecule has 2 rings (SSSR count). The Bertz CT molecular complexity index is 737. The summed E-state index contributed by atoms with van der Waals surface area (Å²) >= 11 is 12.3. The highest BCUT2D eigenvalue weighted by Gasteiger charge is 2.15. The molecule has 5 nitrogen and oxygen atoms in total. The Morgan fingerprint density at radius 2 is 1.90 bits per heavy atom. The number of hydrogen-bond donors (Lipinski definition) is 1. The summed E-state index contributed by atoms with van der Waals surface area (Å²) in [4.78, 5) is 22.5. The molecule has 0 atom stereocenters. The van der Waals surface area contributed by atoms with Gasteiger partial charge in [0.25, 0.3) is 11.6 Å². The first-order valence-electron chi connectivity index (χ1n) is 5.59. The topological polar surface area (TPSA) is 72.2 Å². The van der Waals surface area contributed by atoms with E-state index in [2.05, 4.69) is 37.2 Å². The van der Waals surface area contributed by atoms with Crippen molar-refractivity contribution in [2.75, 3.05) is 5.32 Å². The van der Waals surface area contributed by atoms with Gasteiger partial charge < -0.3 is 5.32 Å². The average molecular weight is 434 g/mol. The molecule has 2 aromatic carbocycles. The van der Waals surface area contributed by atoms with Crippen molar-refractivity contribution >= 4 is 60.7 Å². The smallest absolute Gasteiger partial charge is 0.285 e. The first-order valence-corrected chi connectivity index (χ1v) is 7.55. The lowest BCUT2D eigenvalue weighted by atomic mass is 10.2. The molecule has 1 N–H and O–H groups in total. The normalized spacial score (nSPS) is 10.2. The van der Waals surface area contributed by atoms with E-state index in [0.717, 1.165) is 0 Å². The van der Waals surface area contributed by atoms with Crippen LogP contribution < -0.4 is 5.32 Å². The number of halogens is 3. The van der Waals surface area contributed by atoms with Crippen LogP contribution >= 0.6 is 43.5 Å². The maximum atomic E-state index is 12.2. The molecule has 0 saturated carbocycles. The molecule has 0 radical (unpaired) electrons. The zero-order valence-corrected chi connectivity index (χ0v) is 14.2.